The quantitative estimate of drug-likeness (QED) is 0.312. The minimum atomic E-state index is 0.00122. The van der Waals surface area contributed by atoms with Crippen molar-refractivity contribution >= 4 is 40.9 Å². The van der Waals surface area contributed by atoms with Crippen LogP contribution in [0.3, 0.4) is 0 Å². The van der Waals surface area contributed by atoms with E-state index in [0.29, 0.717) is 42.2 Å². The Bertz CT molecular complexity index is 1200. The zero-order valence-electron chi connectivity index (χ0n) is 22.9. The number of nitrogens with one attached hydrogen (secondary N) is 1. The fourth-order valence-corrected chi connectivity index (χ4v) is 5.14. The van der Waals surface area contributed by atoms with E-state index in [4.69, 9.17) is 30.8 Å². The maximum Gasteiger partial charge on any atom is 0.246 e. The van der Waals surface area contributed by atoms with Crippen molar-refractivity contribution in [2.24, 2.45) is 0 Å². The van der Waals surface area contributed by atoms with E-state index in [1.54, 1.807) is 27.4 Å². The summed E-state index contributed by atoms with van der Waals surface area (Å²) in [5.41, 5.74) is 2.81. The van der Waals surface area contributed by atoms with Gasteiger partial charge in [0.05, 0.1) is 25.8 Å². The van der Waals surface area contributed by atoms with E-state index in [2.05, 4.69) is 32.8 Å². The lowest BCUT2D eigenvalue weighted by Crippen LogP contribution is -2.48. The lowest BCUT2D eigenvalue weighted by atomic mass is 9.98. The van der Waals surface area contributed by atoms with Crippen LogP contribution in [0.15, 0.2) is 31.0 Å². The molecule has 1 aromatic heterocycles. The first-order valence-electron chi connectivity index (χ1n) is 13.1. The van der Waals surface area contributed by atoms with Crippen LogP contribution in [0.1, 0.15) is 17.5 Å². The van der Waals surface area contributed by atoms with Gasteiger partial charge < -0.3 is 29.3 Å². The fraction of sp³-hybridized carbons (Fsp3) is 0.464. The smallest absolute Gasteiger partial charge is 0.246 e. The number of ether oxygens (including phenoxy) is 3. The molecule has 11 heteroatoms. The largest absolute Gasteiger partial charge is 0.497 e. The zero-order chi connectivity index (χ0) is 27.8. The van der Waals surface area contributed by atoms with Gasteiger partial charge in [-0.25, -0.2) is 4.98 Å². The highest BCUT2D eigenvalue weighted by atomic mass is 35.5. The van der Waals surface area contributed by atoms with Crippen LogP contribution >= 0.6 is 11.6 Å². The molecule has 4 rings (SSSR count). The molecule has 10 nitrogen and oxygen atoms in total. The number of amides is 1. The molecule has 0 spiro atoms. The molecule has 2 aromatic rings. The molecule has 0 radical (unpaired) electrons. The number of anilines is 2. The molecule has 3 heterocycles. The summed E-state index contributed by atoms with van der Waals surface area (Å²) < 4.78 is 16.2. The fourth-order valence-electron chi connectivity index (χ4n) is 4.83. The molecule has 0 bridgehead atoms. The second kappa shape index (κ2) is 13.6. The number of piperazine rings is 1. The summed E-state index contributed by atoms with van der Waals surface area (Å²) in [6.45, 7) is 10.3. The molecule has 2 aliphatic heterocycles. The standard InChI is InChI=1S/C28H37ClN6O4/c1-5-25(36)34-12-10-33(11-13-34)8-6-9-35-19-21(23-16-22(38-3)17-24(39-4)26(23)29)15-20-18-31-28(32-27(20)35)30-7-14-37-2/h5,15-18H,1,6-14,19H2,2-4H3,(H,30,31,32). The molecule has 210 valence electrons. The minimum Gasteiger partial charge on any atom is -0.497 e. The SMILES string of the molecule is C=CC(=O)N1CCN(CCCN2CC(c3cc(OC)cc(OC)c3Cl)=Cc3cnc(NCCOC)nc32)CC1. The Hall–Kier alpha value is -3.34. The molecule has 1 amide bonds. The number of nitrogens with zero attached hydrogens (tertiary/aromatic N) is 5. The third-order valence-corrected chi connectivity index (χ3v) is 7.34. The van der Waals surface area contributed by atoms with Gasteiger partial charge in [-0.3, -0.25) is 9.69 Å². The number of benzene rings is 1. The molecule has 1 aromatic carbocycles. The Labute approximate surface area is 235 Å². The van der Waals surface area contributed by atoms with Crippen LogP contribution in [-0.2, 0) is 9.53 Å². The number of hydrogen-bond donors (Lipinski definition) is 1. The van der Waals surface area contributed by atoms with Crippen molar-refractivity contribution in [2.45, 2.75) is 6.42 Å². The van der Waals surface area contributed by atoms with Crippen LogP contribution in [0.25, 0.3) is 11.6 Å². The third-order valence-electron chi connectivity index (χ3n) is 6.95. The molecule has 39 heavy (non-hydrogen) atoms. The van der Waals surface area contributed by atoms with Crippen molar-refractivity contribution < 1.29 is 19.0 Å². The van der Waals surface area contributed by atoms with Crippen molar-refractivity contribution in [3.8, 4) is 11.5 Å². The average Bonchev–Trinajstić information content (AvgIpc) is 2.97. The first kappa shape index (κ1) is 28.7. The monoisotopic (exact) mass is 556 g/mol. The summed E-state index contributed by atoms with van der Waals surface area (Å²) >= 11 is 6.76. The Morgan fingerprint density at radius 1 is 1.15 bits per heavy atom. The maximum absolute atomic E-state index is 11.9. The molecule has 2 aliphatic rings. The van der Waals surface area contributed by atoms with Crippen LogP contribution < -0.4 is 19.7 Å². The van der Waals surface area contributed by atoms with Gasteiger partial charge in [0, 0.05) is 76.3 Å². The van der Waals surface area contributed by atoms with E-state index in [1.165, 1.54) is 6.08 Å². The van der Waals surface area contributed by atoms with Gasteiger partial charge in [0.2, 0.25) is 11.9 Å². The first-order chi connectivity index (χ1) is 19.0. The van der Waals surface area contributed by atoms with E-state index in [1.807, 2.05) is 17.2 Å². The van der Waals surface area contributed by atoms with Gasteiger partial charge in [-0.1, -0.05) is 18.2 Å². The Balaban J connectivity index is 1.53. The van der Waals surface area contributed by atoms with Crippen LogP contribution in [0.2, 0.25) is 5.02 Å². The van der Waals surface area contributed by atoms with Gasteiger partial charge in [-0.2, -0.15) is 4.98 Å². The predicted molar refractivity (Wildman–Crippen MR) is 155 cm³/mol. The highest BCUT2D eigenvalue weighted by Gasteiger charge is 2.25. The van der Waals surface area contributed by atoms with Crippen molar-refractivity contribution in [1.82, 2.24) is 19.8 Å². The number of aromatic nitrogens is 2. The lowest BCUT2D eigenvalue weighted by molar-refractivity contribution is -0.127. The Kier molecular flexibility index (Phi) is 10.0. The van der Waals surface area contributed by atoms with Crippen molar-refractivity contribution in [2.75, 3.05) is 90.5 Å². The molecule has 1 saturated heterocycles. The van der Waals surface area contributed by atoms with Gasteiger partial charge >= 0.3 is 0 Å². The van der Waals surface area contributed by atoms with E-state index >= 15 is 0 Å². The minimum absolute atomic E-state index is 0.00122. The average molecular weight is 557 g/mol. The predicted octanol–water partition coefficient (Wildman–Crippen LogP) is 3.29. The molecule has 1 N–H and O–H groups in total. The topological polar surface area (TPSA) is 92.3 Å². The number of carbonyl (C=O) groups excluding carboxylic acids is 1. The second-order valence-electron chi connectivity index (χ2n) is 9.40. The highest BCUT2D eigenvalue weighted by molar-refractivity contribution is 6.34. The van der Waals surface area contributed by atoms with E-state index in [-0.39, 0.29) is 5.91 Å². The van der Waals surface area contributed by atoms with Gasteiger partial charge in [0.25, 0.3) is 0 Å². The number of rotatable bonds is 12. The van der Waals surface area contributed by atoms with Gasteiger partial charge in [-0.15, -0.1) is 0 Å². The number of halogens is 1. The zero-order valence-corrected chi connectivity index (χ0v) is 23.7. The summed E-state index contributed by atoms with van der Waals surface area (Å²) in [5, 5.41) is 3.77. The van der Waals surface area contributed by atoms with Crippen LogP contribution in [-0.4, -0.2) is 106 Å². The molecule has 0 saturated carbocycles. The Morgan fingerprint density at radius 3 is 2.64 bits per heavy atom. The van der Waals surface area contributed by atoms with Crippen molar-refractivity contribution in [3.05, 3.63) is 47.1 Å². The van der Waals surface area contributed by atoms with Crippen LogP contribution in [0.4, 0.5) is 11.8 Å². The molecular formula is C28H37ClN6O4. The molecule has 1 fully saturated rings. The van der Waals surface area contributed by atoms with Crippen molar-refractivity contribution in [1.29, 1.82) is 0 Å². The van der Waals surface area contributed by atoms with Gasteiger partial charge in [0.1, 0.15) is 17.3 Å². The summed E-state index contributed by atoms with van der Waals surface area (Å²) in [6.07, 6.45) is 6.25. The van der Waals surface area contributed by atoms with E-state index in [9.17, 15) is 4.79 Å². The lowest BCUT2D eigenvalue weighted by Gasteiger charge is -2.35. The summed E-state index contributed by atoms with van der Waals surface area (Å²) in [4.78, 5) is 27.8. The normalized spacial score (nSPS) is 15.4. The summed E-state index contributed by atoms with van der Waals surface area (Å²) in [5.74, 6) is 2.68. The number of fused-ring (bicyclic) bond motifs is 1. The van der Waals surface area contributed by atoms with E-state index in [0.717, 1.165) is 68.2 Å². The highest BCUT2D eigenvalue weighted by Crippen LogP contribution is 2.40. The molecule has 0 aliphatic carbocycles. The van der Waals surface area contributed by atoms with E-state index < -0.39 is 0 Å². The summed E-state index contributed by atoms with van der Waals surface area (Å²) in [6, 6.07) is 3.72. The van der Waals surface area contributed by atoms with Gasteiger partial charge in [0.15, 0.2) is 0 Å². The number of carbonyl (C=O) groups is 1. The van der Waals surface area contributed by atoms with Crippen LogP contribution in [0.5, 0.6) is 11.5 Å². The molecule has 0 unspecified atom stereocenters. The van der Waals surface area contributed by atoms with Crippen molar-refractivity contribution in [3.63, 3.8) is 0 Å². The maximum atomic E-state index is 11.9. The number of methoxy groups -OCH3 is 3. The summed E-state index contributed by atoms with van der Waals surface area (Å²) in [7, 11) is 4.89. The third kappa shape index (κ3) is 7.00. The Morgan fingerprint density at radius 2 is 1.95 bits per heavy atom. The first-order valence-corrected chi connectivity index (χ1v) is 13.5. The molecule has 0 atom stereocenters. The molecular weight excluding hydrogens is 520 g/mol. The number of hydrogen-bond acceptors (Lipinski definition) is 9. The second-order valence-corrected chi connectivity index (χ2v) is 9.78. The van der Waals surface area contributed by atoms with Gasteiger partial charge in [-0.05, 0) is 36.8 Å². The van der Waals surface area contributed by atoms with Crippen LogP contribution in [0, 0.1) is 0 Å².